The van der Waals surface area contributed by atoms with Gasteiger partial charge in [0.2, 0.25) is 11.1 Å². The van der Waals surface area contributed by atoms with Gasteiger partial charge in [-0.1, -0.05) is 11.6 Å². The standard InChI is InChI=1S/C12H8ClFN2O3/c1-6-4-10(17)11(12(18)19)15-16(6)7-2-3-9(14)8(13)5-7/h2-5H,1H3,(H,18,19). The number of benzene rings is 1. The highest BCUT2D eigenvalue weighted by atomic mass is 35.5. The Labute approximate surface area is 111 Å². The summed E-state index contributed by atoms with van der Waals surface area (Å²) in [5, 5.41) is 12.5. The van der Waals surface area contributed by atoms with Gasteiger partial charge in [0.25, 0.3) is 0 Å². The summed E-state index contributed by atoms with van der Waals surface area (Å²) in [5.74, 6) is -2.02. The number of halogens is 2. The minimum atomic E-state index is -1.42. The van der Waals surface area contributed by atoms with Crippen molar-refractivity contribution in [1.82, 2.24) is 9.78 Å². The summed E-state index contributed by atoms with van der Waals surface area (Å²) >= 11 is 5.66. The van der Waals surface area contributed by atoms with Gasteiger partial charge < -0.3 is 5.11 Å². The first-order valence-electron chi connectivity index (χ1n) is 5.20. The summed E-state index contributed by atoms with van der Waals surface area (Å²) in [6, 6.07) is 4.97. The van der Waals surface area contributed by atoms with E-state index in [0.29, 0.717) is 11.4 Å². The van der Waals surface area contributed by atoms with Crippen LogP contribution in [0.15, 0.2) is 29.1 Å². The number of carboxylic acids is 1. The molecule has 1 aromatic heterocycles. The van der Waals surface area contributed by atoms with Crippen molar-refractivity contribution in [3.8, 4) is 5.69 Å². The normalized spacial score (nSPS) is 10.5. The van der Waals surface area contributed by atoms with Gasteiger partial charge in [-0.3, -0.25) is 4.79 Å². The number of aromatic nitrogens is 2. The molecule has 0 atom stereocenters. The number of carboxylic acid groups (broad SMARTS) is 1. The van der Waals surface area contributed by atoms with Gasteiger partial charge in [-0.05, 0) is 25.1 Å². The monoisotopic (exact) mass is 282 g/mol. The lowest BCUT2D eigenvalue weighted by Gasteiger charge is -2.10. The van der Waals surface area contributed by atoms with E-state index >= 15 is 0 Å². The Balaban J connectivity index is 2.68. The minimum Gasteiger partial charge on any atom is -0.476 e. The zero-order chi connectivity index (χ0) is 14.2. The molecule has 19 heavy (non-hydrogen) atoms. The largest absolute Gasteiger partial charge is 0.476 e. The van der Waals surface area contributed by atoms with Gasteiger partial charge in [0.05, 0.1) is 10.7 Å². The van der Waals surface area contributed by atoms with Crippen LogP contribution >= 0.6 is 11.6 Å². The summed E-state index contributed by atoms with van der Waals surface area (Å²) in [6.07, 6.45) is 0. The van der Waals surface area contributed by atoms with Crippen LogP contribution in [0.2, 0.25) is 5.02 Å². The Morgan fingerprint density at radius 3 is 2.68 bits per heavy atom. The Bertz CT molecular complexity index is 727. The number of hydrogen-bond donors (Lipinski definition) is 1. The molecule has 98 valence electrons. The molecule has 0 radical (unpaired) electrons. The highest BCUT2D eigenvalue weighted by Crippen LogP contribution is 2.19. The smallest absolute Gasteiger partial charge is 0.360 e. The molecule has 0 aliphatic rings. The van der Waals surface area contributed by atoms with E-state index in [1.165, 1.54) is 16.8 Å². The molecule has 1 heterocycles. The summed E-state index contributed by atoms with van der Waals surface area (Å²) in [7, 11) is 0. The number of rotatable bonds is 2. The molecule has 0 saturated heterocycles. The van der Waals surface area contributed by atoms with Gasteiger partial charge in [-0.25, -0.2) is 13.9 Å². The minimum absolute atomic E-state index is 0.116. The van der Waals surface area contributed by atoms with E-state index in [0.717, 1.165) is 12.1 Å². The summed E-state index contributed by atoms with van der Waals surface area (Å²) in [4.78, 5) is 22.3. The van der Waals surface area contributed by atoms with Crippen LogP contribution in [0.1, 0.15) is 16.2 Å². The Kier molecular flexibility index (Phi) is 3.35. The maximum Gasteiger partial charge on any atom is 0.360 e. The van der Waals surface area contributed by atoms with Crippen LogP contribution < -0.4 is 5.43 Å². The first-order valence-corrected chi connectivity index (χ1v) is 5.57. The third-order valence-electron chi connectivity index (χ3n) is 2.46. The number of aryl methyl sites for hydroxylation is 1. The lowest BCUT2D eigenvalue weighted by atomic mass is 10.2. The van der Waals surface area contributed by atoms with Crippen molar-refractivity contribution in [1.29, 1.82) is 0 Å². The number of hydrogen-bond acceptors (Lipinski definition) is 3. The van der Waals surface area contributed by atoms with Crippen LogP contribution in [0.25, 0.3) is 5.69 Å². The molecule has 2 rings (SSSR count). The van der Waals surface area contributed by atoms with Gasteiger partial charge in [-0.2, -0.15) is 5.10 Å². The van der Waals surface area contributed by atoms with Crippen molar-refractivity contribution >= 4 is 17.6 Å². The van der Waals surface area contributed by atoms with E-state index in [4.69, 9.17) is 16.7 Å². The lowest BCUT2D eigenvalue weighted by molar-refractivity contribution is 0.0686. The molecule has 0 aliphatic carbocycles. The van der Waals surface area contributed by atoms with Gasteiger partial charge in [0.15, 0.2) is 0 Å². The van der Waals surface area contributed by atoms with E-state index in [1.807, 2.05) is 0 Å². The molecule has 5 nitrogen and oxygen atoms in total. The van der Waals surface area contributed by atoms with E-state index in [2.05, 4.69) is 5.10 Å². The fourth-order valence-corrected chi connectivity index (χ4v) is 1.75. The van der Waals surface area contributed by atoms with Crippen molar-refractivity contribution in [2.24, 2.45) is 0 Å². The van der Waals surface area contributed by atoms with Crippen molar-refractivity contribution in [3.05, 3.63) is 56.7 Å². The van der Waals surface area contributed by atoms with Gasteiger partial charge in [-0.15, -0.1) is 0 Å². The van der Waals surface area contributed by atoms with Crippen LogP contribution in [0.4, 0.5) is 4.39 Å². The average Bonchev–Trinajstić information content (AvgIpc) is 2.32. The summed E-state index contributed by atoms with van der Waals surface area (Å²) < 4.78 is 14.3. The molecule has 0 fully saturated rings. The quantitative estimate of drug-likeness (QED) is 0.915. The van der Waals surface area contributed by atoms with Gasteiger partial charge in [0, 0.05) is 11.8 Å². The van der Waals surface area contributed by atoms with Crippen LogP contribution in [0.3, 0.4) is 0 Å². The third-order valence-corrected chi connectivity index (χ3v) is 2.75. The fourth-order valence-electron chi connectivity index (χ4n) is 1.57. The predicted octanol–water partition coefficient (Wildman–Crippen LogP) is 2.03. The molecular formula is C12H8ClFN2O3. The Morgan fingerprint density at radius 1 is 1.42 bits per heavy atom. The number of carbonyl (C=O) groups is 1. The maximum absolute atomic E-state index is 13.1. The first kappa shape index (κ1) is 13.2. The van der Waals surface area contributed by atoms with Crippen molar-refractivity contribution in [3.63, 3.8) is 0 Å². The van der Waals surface area contributed by atoms with E-state index in [-0.39, 0.29) is 5.02 Å². The van der Waals surface area contributed by atoms with Crippen LogP contribution in [-0.2, 0) is 0 Å². The third kappa shape index (κ3) is 2.48. The van der Waals surface area contributed by atoms with Gasteiger partial charge >= 0.3 is 5.97 Å². The Morgan fingerprint density at radius 2 is 2.11 bits per heavy atom. The van der Waals surface area contributed by atoms with E-state index in [1.54, 1.807) is 6.92 Å². The molecule has 0 saturated carbocycles. The molecule has 0 unspecified atom stereocenters. The molecule has 2 aromatic rings. The van der Waals surface area contributed by atoms with Crippen LogP contribution in [0.5, 0.6) is 0 Å². The van der Waals surface area contributed by atoms with E-state index < -0.39 is 22.9 Å². The Hall–Kier alpha value is -2.21. The molecule has 0 bridgehead atoms. The second-order valence-corrected chi connectivity index (χ2v) is 4.22. The highest BCUT2D eigenvalue weighted by Gasteiger charge is 2.14. The first-order chi connectivity index (χ1) is 8.90. The molecular weight excluding hydrogens is 275 g/mol. The average molecular weight is 283 g/mol. The summed E-state index contributed by atoms with van der Waals surface area (Å²) in [5.41, 5.74) is -0.510. The van der Waals surface area contributed by atoms with Crippen molar-refractivity contribution < 1.29 is 14.3 Å². The van der Waals surface area contributed by atoms with Crippen LogP contribution in [-0.4, -0.2) is 20.9 Å². The fraction of sp³-hybridized carbons (Fsp3) is 0.0833. The molecule has 0 aliphatic heterocycles. The summed E-state index contributed by atoms with van der Waals surface area (Å²) in [6.45, 7) is 1.58. The van der Waals surface area contributed by atoms with Crippen molar-refractivity contribution in [2.45, 2.75) is 6.92 Å². The predicted molar refractivity (Wildman–Crippen MR) is 66.5 cm³/mol. The highest BCUT2D eigenvalue weighted by molar-refractivity contribution is 6.30. The second-order valence-electron chi connectivity index (χ2n) is 3.81. The zero-order valence-electron chi connectivity index (χ0n) is 9.72. The second kappa shape index (κ2) is 4.81. The SMILES string of the molecule is Cc1cc(=O)c(C(=O)O)nn1-c1ccc(F)c(Cl)c1. The van der Waals surface area contributed by atoms with Crippen molar-refractivity contribution in [2.75, 3.05) is 0 Å². The molecule has 0 amide bonds. The topological polar surface area (TPSA) is 72.2 Å². The molecule has 0 spiro atoms. The number of aromatic carboxylic acids is 1. The van der Waals surface area contributed by atoms with Gasteiger partial charge in [0.1, 0.15) is 5.82 Å². The molecule has 1 N–H and O–H groups in total. The maximum atomic E-state index is 13.1. The molecule has 7 heteroatoms. The number of nitrogens with zero attached hydrogens (tertiary/aromatic N) is 2. The molecule has 1 aromatic carbocycles. The zero-order valence-corrected chi connectivity index (χ0v) is 10.5. The lowest BCUT2D eigenvalue weighted by Crippen LogP contribution is -2.22. The van der Waals surface area contributed by atoms with E-state index in [9.17, 15) is 14.0 Å². The van der Waals surface area contributed by atoms with Crippen LogP contribution in [0, 0.1) is 12.7 Å².